The third kappa shape index (κ3) is 4.77. The van der Waals surface area contributed by atoms with Crippen molar-refractivity contribution in [3.8, 4) is 0 Å². The summed E-state index contributed by atoms with van der Waals surface area (Å²) in [5.41, 5.74) is 0. The zero-order valence-corrected chi connectivity index (χ0v) is 12.5. The fourth-order valence-electron chi connectivity index (χ4n) is 3.26. The first-order valence-electron chi connectivity index (χ1n) is 7.94. The number of hydrogen-bond acceptors (Lipinski definition) is 3. The van der Waals surface area contributed by atoms with Crippen LogP contribution in [-0.2, 0) is 4.79 Å². The summed E-state index contributed by atoms with van der Waals surface area (Å²) >= 11 is 0. The molecular formula is C15H29N3O. The van der Waals surface area contributed by atoms with E-state index in [4.69, 9.17) is 0 Å². The van der Waals surface area contributed by atoms with E-state index in [1.807, 2.05) is 0 Å². The Bertz CT molecular complexity index is 289. The average Bonchev–Trinajstić information content (AvgIpc) is 2.39. The predicted octanol–water partition coefficient (Wildman–Crippen LogP) is 1.51. The summed E-state index contributed by atoms with van der Waals surface area (Å²) in [6, 6.07) is 0.749. The lowest BCUT2D eigenvalue weighted by atomic mass is 9.99. The summed E-state index contributed by atoms with van der Waals surface area (Å²) in [6.07, 6.45) is 7.30. The SMILES string of the molecule is CC(CN1CCCCC1)NC(=O)C1CCCC(C)N1. The van der Waals surface area contributed by atoms with E-state index in [9.17, 15) is 4.79 Å². The lowest BCUT2D eigenvalue weighted by molar-refractivity contribution is -0.124. The lowest BCUT2D eigenvalue weighted by Crippen LogP contribution is -2.53. The molecule has 0 bridgehead atoms. The van der Waals surface area contributed by atoms with Gasteiger partial charge in [0.05, 0.1) is 6.04 Å². The minimum atomic E-state index is 0.0209. The average molecular weight is 267 g/mol. The molecule has 2 aliphatic heterocycles. The van der Waals surface area contributed by atoms with Crippen molar-refractivity contribution in [2.75, 3.05) is 19.6 Å². The van der Waals surface area contributed by atoms with Crippen molar-refractivity contribution in [2.45, 2.75) is 70.5 Å². The van der Waals surface area contributed by atoms with Crippen molar-refractivity contribution in [1.29, 1.82) is 0 Å². The van der Waals surface area contributed by atoms with E-state index in [2.05, 4.69) is 29.4 Å². The molecule has 2 N–H and O–H groups in total. The first-order valence-corrected chi connectivity index (χ1v) is 7.94. The number of rotatable bonds is 4. The Hall–Kier alpha value is -0.610. The number of likely N-dealkylation sites (tertiary alicyclic amines) is 1. The van der Waals surface area contributed by atoms with E-state index < -0.39 is 0 Å². The largest absolute Gasteiger partial charge is 0.351 e. The molecule has 3 atom stereocenters. The summed E-state index contributed by atoms with van der Waals surface area (Å²) < 4.78 is 0. The second-order valence-electron chi connectivity index (χ2n) is 6.32. The fraction of sp³-hybridized carbons (Fsp3) is 0.933. The van der Waals surface area contributed by atoms with Crippen LogP contribution in [0, 0.1) is 0 Å². The fourth-order valence-corrected chi connectivity index (χ4v) is 3.26. The lowest BCUT2D eigenvalue weighted by Gasteiger charge is -2.32. The minimum absolute atomic E-state index is 0.0209. The van der Waals surface area contributed by atoms with Gasteiger partial charge in [-0.15, -0.1) is 0 Å². The van der Waals surface area contributed by atoms with Crippen molar-refractivity contribution in [1.82, 2.24) is 15.5 Å². The van der Waals surface area contributed by atoms with Gasteiger partial charge in [-0.05, 0) is 59.0 Å². The minimum Gasteiger partial charge on any atom is -0.351 e. The molecule has 1 amide bonds. The number of carbonyl (C=O) groups excluding carboxylic acids is 1. The number of piperidine rings is 2. The molecule has 2 aliphatic rings. The van der Waals surface area contributed by atoms with Crippen LogP contribution < -0.4 is 10.6 Å². The Morgan fingerprint density at radius 3 is 2.68 bits per heavy atom. The Morgan fingerprint density at radius 2 is 2.00 bits per heavy atom. The summed E-state index contributed by atoms with van der Waals surface area (Å²) in [4.78, 5) is 14.7. The molecule has 4 heteroatoms. The molecule has 2 rings (SSSR count). The first-order chi connectivity index (χ1) is 9.15. The molecule has 2 fully saturated rings. The van der Waals surface area contributed by atoms with Crippen LogP contribution in [0.2, 0.25) is 0 Å². The van der Waals surface area contributed by atoms with Crippen molar-refractivity contribution in [3.63, 3.8) is 0 Å². The zero-order valence-electron chi connectivity index (χ0n) is 12.5. The number of nitrogens with one attached hydrogen (secondary N) is 2. The van der Waals surface area contributed by atoms with Gasteiger partial charge in [0.25, 0.3) is 0 Å². The summed E-state index contributed by atoms with van der Waals surface area (Å²) in [5, 5.41) is 6.57. The smallest absolute Gasteiger partial charge is 0.237 e. The van der Waals surface area contributed by atoms with Gasteiger partial charge in [0.2, 0.25) is 5.91 Å². The molecule has 0 radical (unpaired) electrons. The molecule has 0 spiro atoms. The Morgan fingerprint density at radius 1 is 1.26 bits per heavy atom. The Balaban J connectivity index is 1.71. The molecule has 2 saturated heterocycles. The van der Waals surface area contributed by atoms with Crippen LogP contribution in [0.4, 0.5) is 0 Å². The van der Waals surface area contributed by atoms with E-state index in [0.717, 1.165) is 19.4 Å². The van der Waals surface area contributed by atoms with Gasteiger partial charge in [0.15, 0.2) is 0 Å². The van der Waals surface area contributed by atoms with Gasteiger partial charge < -0.3 is 15.5 Å². The monoisotopic (exact) mass is 267 g/mol. The van der Waals surface area contributed by atoms with Gasteiger partial charge in [0, 0.05) is 18.6 Å². The molecule has 2 heterocycles. The van der Waals surface area contributed by atoms with Gasteiger partial charge in [-0.1, -0.05) is 6.42 Å². The molecule has 0 aliphatic carbocycles. The second kappa shape index (κ2) is 7.25. The summed E-state index contributed by atoms with van der Waals surface area (Å²) in [7, 11) is 0. The van der Waals surface area contributed by atoms with Crippen molar-refractivity contribution >= 4 is 5.91 Å². The van der Waals surface area contributed by atoms with Crippen LogP contribution in [0.5, 0.6) is 0 Å². The van der Waals surface area contributed by atoms with Crippen LogP contribution in [0.15, 0.2) is 0 Å². The molecule has 0 aromatic carbocycles. The molecule has 19 heavy (non-hydrogen) atoms. The predicted molar refractivity (Wildman–Crippen MR) is 78.1 cm³/mol. The third-order valence-electron chi connectivity index (χ3n) is 4.30. The molecule has 0 aromatic heterocycles. The molecule has 0 saturated carbocycles. The normalized spacial score (nSPS) is 30.8. The van der Waals surface area contributed by atoms with Crippen LogP contribution in [0.1, 0.15) is 52.4 Å². The first kappa shape index (κ1) is 14.8. The highest BCUT2D eigenvalue weighted by Crippen LogP contribution is 2.13. The van der Waals surface area contributed by atoms with Crippen molar-refractivity contribution in [2.24, 2.45) is 0 Å². The maximum Gasteiger partial charge on any atom is 0.237 e. The van der Waals surface area contributed by atoms with Crippen molar-refractivity contribution < 1.29 is 4.79 Å². The molecule has 110 valence electrons. The van der Waals surface area contributed by atoms with Gasteiger partial charge in [0.1, 0.15) is 0 Å². The van der Waals surface area contributed by atoms with Crippen LogP contribution in [0.25, 0.3) is 0 Å². The van der Waals surface area contributed by atoms with E-state index in [1.54, 1.807) is 0 Å². The van der Waals surface area contributed by atoms with Crippen LogP contribution in [0.3, 0.4) is 0 Å². The summed E-state index contributed by atoms with van der Waals surface area (Å²) in [5.74, 6) is 0.191. The standard InChI is InChI=1S/C15H29N3O/c1-12-7-6-8-14(16-12)15(19)17-13(2)11-18-9-4-3-5-10-18/h12-14,16H,3-11H2,1-2H3,(H,17,19). The zero-order chi connectivity index (χ0) is 13.7. The van der Waals surface area contributed by atoms with E-state index in [1.165, 1.54) is 38.8 Å². The van der Waals surface area contributed by atoms with E-state index in [-0.39, 0.29) is 18.0 Å². The number of carbonyl (C=O) groups is 1. The highest BCUT2D eigenvalue weighted by atomic mass is 16.2. The third-order valence-corrected chi connectivity index (χ3v) is 4.30. The van der Waals surface area contributed by atoms with Crippen LogP contribution in [-0.4, -0.2) is 48.6 Å². The number of hydrogen-bond donors (Lipinski definition) is 2. The number of amides is 1. The Labute approximate surface area is 117 Å². The molecule has 4 nitrogen and oxygen atoms in total. The molecule has 0 aromatic rings. The Kier molecular flexibility index (Phi) is 5.64. The van der Waals surface area contributed by atoms with E-state index in [0.29, 0.717) is 6.04 Å². The number of nitrogens with zero attached hydrogens (tertiary/aromatic N) is 1. The maximum absolute atomic E-state index is 12.2. The van der Waals surface area contributed by atoms with Gasteiger partial charge in [-0.25, -0.2) is 0 Å². The topological polar surface area (TPSA) is 44.4 Å². The molecular weight excluding hydrogens is 238 g/mol. The molecule has 3 unspecified atom stereocenters. The highest BCUT2D eigenvalue weighted by molar-refractivity contribution is 5.82. The van der Waals surface area contributed by atoms with Gasteiger partial charge in [-0.3, -0.25) is 4.79 Å². The van der Waals surface area contributed by atoms with Gasteiger partial charge in [-0.2, -0.15) is 0 Å². The van der Waals surface area contributed by atoms with Crippen molar-refractivity contribution in [3.05, 3.63) is 0 Å². The quantitative estimate of drug-likeness (QED) is 0.811. The highest BCUT2D eigenvalue weighted by Gasteiger charge is 2.25. The van der Waals surface area contributed by atoms with Crippen LogP contribution >= 0.6 is 0 Å². The van der Waals surface area contributed by atoms with E-state index >= 15 is 0 Å². The van der Waals surface area contributed by atoms with Gasteiger partial charge >= 0.3 is 0 Å². The summed E-state index contributed by atoms with van der Waals surface area (Å²) in [6.45, 7) is 7.67. The second-order valence-corrected chi connectivity index (χ2v) is 6.32. The maximum atomic E-state index is 12.2.